The highest BCUT2D eigenvalue weighted by atomic mass is 32.2. The van der Waals surface area contributed by atoms with Crippen LogP contribution in [-0.4, -0.2) is 58.3 Å². The topological polar surface area (TPSA) is 88.1 Å². The first-order chi connectivity index (χ1) is 10.2. The first kappa shape index (κ1) is 34.1. The molecule has 0 aliphatic carbocycles. The third-order valence-electron chi connectivity index (χ3n) is 1.05. The predicted molar refractivity (Wildman–Crippen MR) is 125 cm³/mol. The summed E-state index contributed by atoms with van der Waals surface area (Å²) in [4.78, 5) is 17.0. The van der Waals surface area contributed by atoms with Gasteiger partial charge in [-0.3, -0.25) is 0 Å². The molecule has 0 aromatic rings. The summed E-state index contributed by atoms with van der Waals surface area (Å²) < 4.78 is 27.4. The van der Waals surface area contributed by atoms with E-state index in [2.05, 4.69) is 58.9 Å². The third-order valence-corrected chi connectivity index (χ3v) is 9.41. The van der Waals surface area contributed by atoms with E-state index in [1.807, 2.05) is 12.5 Å². The molecule has 0 aliphatic heterocycles. The van der Waals surface area contributed by atoms with Crippen LogP contribution in [0.5, 0.6) is 0 Å². The van der Waals surface area contributed by atoms with Crippen molar-refractivity contribution in [1.82, 2.24) is 0 Å². The molecule has 0 amide bonds. The molecule has 0 aliphatic rings. The Hall–Kier alpha value is 1.59. The number of rotatable bonds is 6. The molecule has 0 bridgehead atoms. The van der Waals surface area contributed by atoms with Crippen molar-refractivity contribution in [3.8, 4) is 0 Å². The second-order valence-corrected chi connectivity index (χ2v) is 24.1. The maximum atomic E-state index is 9.33. The zero-order valence-corrected chi connectivity index (χ0v) is 22.5. The van der Waals surface area contributed by atoms with E-state index < -0.39 is 48.6 Å². The van der Waals surface area contributed by atoms with Gasteiger partial charge in [0, 0.05) is 16.0 Å². The molecule has 0 rings (SSSR count). The largest absolute Gasteiger partial charge is 0.809 e. The summed E-state index contributed by atoms with van der Waals surface area (Å²) in [5.74, 6) is 0. The van der Waals surface area contributed by atoms with Gasteiger partial charge >= 0.3 is 0 Å². The van der Waals surface area contributed by atoms with Crippen molar-refractivity contribution < 1.29 is 27.0 Å². The molecule has 14 heteroatoms. The molecule has 3 radical (unpaired) electrons. The van der Waals surface area contributed by atoms with E-state index in [9.17, 15) is 9.46 Å². The van der Waals surface area contributed by atoms with Crippen LogP contribution < -0.4 is 4.89 Å². The first-order valence-electron chi connectivity index (χ1n) is 7.04. The molecule has 153 valence electrons. The van der Waals surface area contributed by atoms with Gasteiger partial charge in [-0.25, -0.2) is 0 Å². The average Bonchev–Trinajstić information content (AvgIpc) is 2.04. The molecule has 0 saturated heterocycles. The van der Waals surface area contributed by atoms with Crippen LogP contribution in [0.15, 0.2) is 0 Å². The quantitative estimate of drug-likeness (QED) is 0.476. The van der Waals surface area contributed by atoms with E-state index in [1.165, 1.54) is 0 Å². The highest BCUT2D eigenvalue weighted by Gasteiger charge is 2.32. The SMILES string of the molecule is CSC.C[Si](C)(C)OP(O[Si](C)(C)C)O[Si](C)(C)C.[BH3-]P(=O)([O-])O.[B]. The van der Waals surface area contributed by atoms with Crippen LogP contribution in [0.1, 0.15) is 0 Å². The minimum Gasteiger partial charge on any atom is -0.809 e. The van der Waals surface area contributed by atoms with Gasteiger partial charge in [-0.1, -0.05) is 0 Å². The first-order valence-corrected chi connectivity index (χ1v) is 21.1. The van der Waals surface area contributed by atoms with Crippen LogP contribution in [0.4, 0.5) is 0 Å². The fourth-order valence-electron chi connectivity index (χ4n) is 0.727. The van der Waals surface area contributed by atoms with Crippen molar-refractivity contribution in [1.29, 1.82) is 0 Å². The van der Waals surface area contributed by atoms with E-state index in [1.54, 1.807) is 11.8 Å². The lowest BCUT2D eigenvalue weighted by Crippen LogP contribution is -2.32. The van der Waals surface area contributed by atoms with Crippen LogP contribution in [0.2, 0.25) is 58.9 Å². The summed E-state index contributed by atoms with van der Waals surface area (Å²) in [5, 5.41) is 0. The van der Waals surface area contributed by atoms with Crippen LogP contribution in [0.3, 0.4) is 0 Å². The Morgan fingerprint density at radius 1 is 0.880 bits per heavy atom. The van der Waals surface area contributed by atoms with Crippen molar-refractivity contribution in [3.05, 3.63) is 0 Å². The van der Waals surface area contributed by atoms with E-state index >= 15 is 0 Å². The smallest absolute Gasteiger partial charge is 0.300 e. The van der Waals surface area contributed by atoms with Crippen molar-refractivity contribution >= 4 is 68.8 Å². The van der Waals surface area contributed by atoms with Crippen LogP contribution in [0, 0.1) is 0 Å². The second-order valence-electron chi connectivity index (χ2n) is 7.48. The Balaban J connectivity index is -0.000000206. The van der Waals surface area contributed by atoms with Gasteiger partial charge in [0.05, 0.1) is 0 Å². The molecule has 1 atom stereocenters. The molecule has 0 saturated carbocycles. The Morgan fingerprint density at radius 2 is 1.00 bits per heavy atom. The van der Waals surface area contributed by atoms with Gasteiger partial charge in [0.2, 0.25) is 0 Å². The van der Waals surface area contributed by atoms with Crippen molar-refractivity contribution in [2.75, 3.05) is 12.5 Å². The minimum absolute atomic E-state index is 0. The van der Waals surface area contributed by atoms with E-state index in [0.717, 1.165) is 0 Å². The molecule has 0 fully saturated rings. The van der Waals surface area contributed by atoms with Crippen LogP contribution in [-0.2, 0) is 17.2 Å². The standard InChI is InChI=1S/C9H27O3PSi3.C2H6S.BH5O3P.B/c1-14(2,3)10-13(11-15(4,5)6)12-16(7,8)9;1-3-2;1-5(2,3)4;/h1-9H3;1-2H3;1H3,(H2,2,3,4);/q;;-1;/p-1. The molecule has 25 heavy (non-hydrogen) atoms. The summed E-state index contributed by atoms with van der Waals surface area (Å²) in [6, 6.07) is 0. The van der Waals surface area contributed by atoms with Crippen molar-refractivity contribution in [2.45, 2.75) is 58.9 Å². The maximum Gasteiger partial charge on any atom is 0.300 e. The summed E-state index contributed by atoms with van der Waals surface area (Å²) in [6.07, 6.45) is 4.08. The molecular formula is C11H37B2O6P2SSi3-2. The molecule has 0 heterocycles. The number of hydrogen-bond donors (Lipinski definition) is 1. The molecule has 0 spiro atoms. The van der Waals surface area contributed by atoms with E-state index in [0.29, 0.717) is 0 Å². The Bertz CT molecular complexity index is 326. The number of thioether (sulfide) groups is 1. The molecule has 6 nitrogen and oxygen atoms in total. The normalized spacial score (nSPS) is 14.4. The molecule has 1 N–H and O–H groups in total. The lowest BCUT2D eigenvalue weighted by atomic mass is 10.8. The Labute approximate surface area is 167 Å². The van der Waals surface area contributed by atoms with Gasteiger partial charge in [0.1, 0.15) is 0 Å². The summed E-state index contributed by atoms with van der Waals surface area (Å²) in [5.41, 5.74) is 0. The third kappa shape index (κ3) is 51.7. The zero-order chi connectivity index (χ0) is 20.4. The molecular weight excluding hydrogens is 428 g/mol. The van der Waals surface area contributed by atoms with Crippen LogP contribution in [0.25, 0.3) is 0 Å². The molecule has 0 aromatic heterocycles. The fourth-order valence-corrected chi connectivity index (χ4v) is 7.55. The molecule has 0 aromatic carbocycles. The fraction of sp³-hybridized carbons (Fsp3) is 1.00. The number of hydrogen-bond acceptors (Lipinski definition) is 6. The van der Waals surface area contributed by atoms with Gasteiger partial charge in [0.25, 0.3) is 8.60 Å². The van der Waals surface area contributed by atoms with Crippen LogP contribution >= 0.6 is 27.8 Å². The monoisotopic (exact) mass is 465 g/mol. The maximum absolute atomic E-state index is 9.33. The zero-order valence-electron chi connectivity index (χ0n) is 16.9. The van der Waals surface area contributed by atoms with E-state index in [-0.39, 0.29) is 8.41 Å². The predicted octanol–water partition coefficient (Wildman–Crippen LogP) is 3.18. The summed E-state index contributed by atoms with van der Waals surface area (Å²) >= 11 is 1.75. The Morgan fingerprint density at radius 3 is 1.08 bits per heavy atom. The minimum atomic E-state index is -3.64. The van der Waals surface area contributed by atoms with Gasteiger partial charge in [0.15, 0.2) is 25.0 Å². The highest BCUT2D eigenvalue weighted by molar-refractivity contribution is 7.97. The van der Waals surface area contributed by atoms with Gasteiger partial charge in [-0.05, 0) is 78.9 Å². The van der Waals surface area contributed by atoms with Gasteiger partial charge < -0.3 is 27.0 Å². The van der Waals surface area contributed by atoms with E-state index in [4.69, 9.17) is 17.5 Å². The van der Waals surface area contributed by atoms with Gasteiger partial charge in [-0.2, -0.15) is 11.8 Å². The van der Waals surface area contributed by atoms with Crippen molar-refractivity contribution in [2.24, 2.45) is 0 Å². The lowest BCUT2D eigenvalue weighted by molar-refractivity contribution is -0.185. The molecule has 1 unspecified atom stereocenters. The highest BCUT2D eigenvalue weighted by Crippen LogP contribution is 2.47. The second kappa shape index (κ2) is 14.6. The summed E-state index contributed by atoms with van der Waals surface area (Å²) in [7, 11) is -10.4. The van der Waals surface area contributed by atoms with Crippen molar-refractivity contribution in [3.63, 3.8) is 0 Å². The van der Waals surface area contributed by atoms with Gasteiger partial charge in [-0.15, -0.1) is 0 Å². The Kier molecular flexibility index (Phi) is 19.9. The lowest BCUT2D eigenvalue weighted by Gasteiger charge is -2.32. The average molecular weight is 465 g/mol. The summed E-state index contributed by atoms with van der Waals surface area (Å²) in [6.45, 7) is 19.5.